The minimum Gasteiger partial charge on any atom is -0.305 e. The summed E-state index contributed by atoms with van der Waals surface area (Å²) in [5, 5.41) is 4.56. The van der Waals surface area contributed by atoms with E-state index in [0.29, 0.717) is 6.04 Å². The molecule has 0 saturated carbocycles. The van der Waals surface area contributed by atoms with Crippen molar-refractivity contribution in [2.24, 2.45) is 0 Å². The summed E-state index contributed by atoms with van der Waals surface area (Å²) >= 11 is 0. The van der Waals surface area contributed by atoms with E-state index in [1.165, 1.54) is 37.2 Å². The highest BCUT2D eigenvalue weighted by atomic mass is 15.3. The van der Waals surface area contributed by atoms with Gasteiger partial charge in [-0.05, 0) is 71.1 Å². The Morgan fingerprint density at radius 1 is 1.17 bits per heavy atom. The lowest BCUT2D eigenvalue weighted by Crippen LogP contribution is -2.44. The molecule has 4 nitrogen and oxygen atoms in total. The lowest BCUT2D eigenvalue weighted by atomic mass is 10.0. The monoisotopic (exact) mass is 312 g/mol. The molecule has 23 heavy (non-hydrogen) atoms. The maximum absolute atomic E-state index is 4.56. The number of likely N-dealkylation sites (N-methyl/N-ethyl adjacent to an activating group) is 1. The number of piperidine rings is 1. The molecule has 1 aromatic heterocycles. The fourth-order valence-electron chi connectivity index (χ4n) is 3.49. The Morgan fingerprint density at radius 2 is 1.91 bits per heavy atom. The van der Waals surface area contributed by atoms with Crippen molar-refractivity contribution in [3.05, 3.63) is 47.3 Å². The van der Waals surface area contributed by atoms with E-state index in [1.807, 2.05) is 11.6 Å². The Morgan fingerprint density at radius 3 is 2.52 bits per heavy atom. The molecule has 1 unspecified atom stereocenters. The highest BCUT2D eigenvalue weighted by Gasteiger charge is 2.21. The van der Waals surface area contributed by atoms with Gasteiger partial charge in [-0.25, -0.2) is 4.68 Å². The summed E-state index contributed by atoms with van der Waals surface area (Å²) in [6.07, 6.45) is 2.62. The van der Waals surface area contributed by atoms with Gasteiger partial charge < -0.3 is 4.90 Å². The minimum absolute atomic E-state index is 0.692. The maximum atomic E-state index is 4.56. The molecule has 1 aliphatic heterocycles. The Bertz CT molecular complexity index is 642. The number of hydrogen-bond acceptors (Lipinski definition) is 3. The number of benzene rings is 1. The van der Waals surface area contributed by atoms with Gasteiger partial charge in [-0.2, -0.15) is 5.10 Å². The third-order valence-electron chi connectivity index (χ3n) is 4.81. The van der Waals surface area contributed by atoms with Crippen LogP contribution >= 0.6 is 0 Å². The van der Waals surface area contributed by atoms with Crippen molar-refractivity contribution in [1.82, 2.24) is 19.6 Å². The van der Waals surface area contributed by atoms with Crippen LogP contribution in [0.5, 0.6) is 0 Å². The van der Waals surface area contributed by atoms with Crippen molar-refractivity contribution < 1.29 is 0 Å². The quantitative estimate of drug-likeness (QED) is 0.867. The number of nitrogens with zero attached hydrogens (tertiary/aromatic N) is 4. The summed E-state index contributed by atoms with van der Waals surface area (Å²) in [5.41, 5.74) is 4.77. The van der Waals surface area contributed by atoms with E-state index < -0.39 is 0 Å². The molecule has 1 aliphatic rings. The molecular weight excluding hydrogens is 284 g/mol. The molecule has 0 radical (unpaired) electrons. The van der Waals surface area contributed by atoms with Gasteiger partial charge in [0.05, 0.1) is 11.4 Å². The molecule has 0 aliphatic carbocycles. The second kappa shape index (κ2) is 6.85. The van der Waals surface area contributed by atoms with Gasteiger partial charge in [0.25, 0.3) is 0 Å². The third-order valence-corrected chi connectivity index (χ3v) is 4.81. The van der Waals surface area contributed by atoms with Gasteiger partial charge in [0.15, 0.2) is 0 Å². The van der Waals surface area contributed by atoms with E-state index in [9.17, 15) is 0 Å². The van der Waals surface area contributed by atoms with Gasteiger partial charge in [0.2, 0.25) is 0 Å². The van der Waals surface area contributed by atoms with Crippen LogP contribution in [0.3, 0.4) is 0 Å². The van der Waals surface area contributed by atoms with E-state index in [-0.39, 0.29) is 0 Å². The first kappa shape index (κ1) is 16.2. The first-order valence-corrected chi connectivity index (χ1v) is 8.54. The van der Waals surface area contributed by atoms with Gasteiger partial charge in [-0.1, -0.05) is 12.1 Å². The first-order valence-electron chi connectivity index (χ1n) is 8.54. The fourth-order valence-corrected chi connectivity index (χ4v) is 3.49. The van der Waals surface area contributed by atoms with Gasteiger partial charge in [0, 0.05) is 24.8 Å². The zero-order valence-electron chi connectivity index (χ0n) is 14.8. The third kappa shape index (κ3) is 3.82. The number of hydrogen-bond donors (Lipinski definition) is 0. The molecule has 0 bridgehead atoms. The number of aromatic nitrogens is 2. The second-order valence-electron chi connectivity index (χ2n) is 7.00. The molecule has 1 saturated heterocycles. The van der Waals surface area contributed by atoms with E-state index in [4.69, 9.17) is 0 Å². The molecule has 3 rings (SSSR count). The summed E-state index contributed by atoms with van der Waals surface area (Å²) in [6.45, 7) is 7.57. The predicted octanol–water partition coefficient (Wildman–Crippen LogP) is 3.02. The number of likely N-dealkylation sites (tertiary alicyclic amines) is 1. The van der Waals surface area contributed by atoms with E-state index in [2.05, 4.69) is 66.2 Å². The topological polar surface area (TPSA) is 24.3 Å². The van der Waals surface area contributed by atoms with Crippen LogP contribution in [0.1, 0.15) is 29.8 Å². The molecule has 0 N–H and O–H groups in total. The normalized spacial score (nSPS) is 19.4. The van der Waals surface area contributed by atoms with E-state index >= 15 is 0 Å². The molecule has 2 aromatic rings. The van der Waals surface area contributed by atoms with E-state index in [1.54, 1.807) is 0 Å². The van der Waals surface area contributed by atoms with E-state index in [0.717, 1.165) is 17.9 Å². The molecule has 4 heteroatoms. The molecule has 0 spiro atoms. The predicted molar refractivity (Wildman–Crippen MR) is 95.0 cm³/mol. The SMILES string of the molecule is Cc1cc(C)n(-c2ccc(CN3CCCC(N(C)C)C3)cc2)n1. The summed E-state index contributed by atoms with van der Waals surface area (Å²) in [4.78, 5) is 4.94. The van der Waals surface area contributed by atoms with Crippen molar-refractivity contribution in [2.45, 2.75) is 39.3 Å². The standard InChI is InChI=1S/C19H28N4/c1-15-12-16(2)23(20-15)18-9-7-17(8-10-18)13-22-11-5-6-19(14-22)21(3)4/h7-10,12,19H,5-6,11,13-14H2,1-4H3. The molecular formula is C19H28N4. The Hall–Kier alpha value is -1.65. The minimum atomic E-state index is 0.692. The van der Waals surface area contributed by atoms with Crippen LogP contribution in [0, 0.1) is 13.8 Å². The zero-order valence-corrected chi connectivity index (χ0v) is 14.8. The highest BCUT2D eigenvalue weighted by Crippen LogP contribution is 2.18. The van der Waals surface area contributed by atoms with Crippen LogP contribution < -0.4 is 0 Å². The molecule has 124 valence electrons. The van der Waals surface area contributed by atoms with Crippen molar-refractivity contribution in [2.75, 3.05) is 27.2 Å². The van der Waals surface area contributed by atoms with Gasteiger partial charge in [-0.15, -0.1) is 0 Å². The van der Waals surface area contributed by atoms with Crippen LogP contribution in [-0.2, 0) is 6.54 Å². The van der Waals surface area contributed by atoms with Crippen LogP contribution in [0.25, 0.3) is 5.69 Å². The van der Waals surface area contributed by atoms with Crippen LogP contribution in [0.2, 0.25) is 0 Å². The molecule has 1 fully saturated rings. The summed E-state index contributed by atoms with van der Waals surface area (Å²) in [7, 11) is 4.38. The fraction of sp³-hybridized carbons (Fsp3) is 0.526. The van der Waals surface area contributed by atoms with Crippen molar-refractivity contribution in [1.29, 1.82) is 0 Å². The molecule has 0 amide bonds. The molecule has 1 atom stereocenters. The Balaban J connectivity index is 1.67. The number of aryl methyl sites for hydroxylation is 2. The lowest BCUT2D eigenvalue weighted by Gasteiger charge is -2.36. The van der Waals surface area contributed by atoms with Crippen LogP contribution in [-0.4, -0.2) is 52.8 Å². The summed E-state index contributed by atoms with van der Waals surface area (Å²) < 4.78 is 2.02. The second-order valence-corrected chi connectivity index (χ2v) is 7.00. The van der Waals surface area contributed by atoms with Crippen LogP contribution in [0.15, 0.2) is 30.3 Å². The Kier molecular flexibility index (Phi) is 4.83. The summed E-state index contributed by atoms with van der Waals surface area (Å²) in [6, 6.07) is 11.7. The average molecular weight is 312 g/mol. The van der Waals surface area contributed by atoms with Crippen LogP contribution in [0.4, 0.5) is 0 Å². The Labute approximate surface area is 139 Å². The number of rotatable bonds is 4. The van der Waals surface area contributed by atoms with Gasteiger partial charge in [-0.3, -0.25) is 4.90 Å². The largest absolute Gasteiger partial charge is 0.305 e. The highest BCUT2D eigenvalue weighted by molar-refractivity contribution is 5.36. The van der Waals surface area contributed by atoms with Crippen molar-refractivity contribution >= 4 is 0 Å². The van der Waals surface area contributed by atoms with Gasteiger partial charge in [0.1, 0.15) is 0 Å². The van der Waals surface area contributed by atoms with Gasteiger partial charge >= 0.3 is 0 Å². The maximum Gasteiger partial charge on any atom is 0.0648 e. The van der Waals surface area contributed by atoms with Crippen molar-refractivity contribution in [3.8, 4) is 5.69 Å². The molecule has 1 aromatic carbocycles. The van der Waals surface area contributed by atoms with Crippen molar-refractivity contribution in [3.63, 3.8) is 0 Å². The lowest BCUT2D eigenvalue weighted by molar-refractivity contribution is 0.128. The molecule has 2 heterocycles. The summed E-state index contributed by atoms with van der Waals surface area (Å²) in [5.74, 6) is 0. The zero-order chi connectivity index (χ0) is 16.4. The average Bonchev–Trinajstić information content (AvgIpc) is 2.87. The smallest absolute Gasteiger partial charge is 0.0648 e. The first-order chi connectivity index (χ1) is 11.0.